The number of carbonyl (C=O) groups is 1. The molecule has 1 amide bonds. The summed E-state index contributed by atoms with van der Waals surface area (Å²) in [5.41, 5.74) is 0.564. The lowest BCUT2D eigenvalue weighted by atomic mass is 10.3. The van der Waals surface area contributed by atoms with Crippen LogP contribution in [0.3, 0.4) is 0 Å². The van der Waals surface area contributed by atoms with Crippen molar-refractivity contribution in [1.29, 1.82) is 0 Å². The number of rotatable bonds is 6. The fourth-order valence-electron chi connectivity index (χ4n) is 2.77. The number of amides is 1. The highest BCUT2D eigenvalue weighted by Gasteiger charge is 2.19. The molecule has 6 nitrogen and oxygen atoms in total. The molecule has 0 saturated heterocycles. The van der Waals surface area contributed by atoms with E-state index in [1.807, 2.05) is 35.7 Å². The summed E-state index contributed by atoms with van der Waals surface area (Å²) in [5, 5.41) is 5.42. The first-order valence-corrected chi connectivity index (χ1v) is 11.0. The fourth-order valence-corrected chi connectivity index (χ4v) is 4.45. The normalized spacial score (nSPS) is 11.9. The van der Waals surface area contributed by atoms with E-state index in [0.29, 0.717) is 26.8 Å². The zero-order valence-electron chi connectivity index (χ0n) is 16.4. The van der Waals surface area contributed by atoms with Gasteiger partial charge in [0, 0.05) is 12.7 Å². The van der Waals surface area contributed by atoms with Gasteiger partial charge in [-0.05, 0) is 54.8 Å². The van der Waals surface area contributed by atoms with Gasteiger partial charge < -0.3 is 10.1 Å². The minimum atomic E-state index is -0.430. The van der Waals surface area contributed by atoms with Crippen molar-refractivity contribution >= 4 is 44.9 Å². The predicted molar refractivity (Wildman–Crippen MR) is 122 cm³/mol. The van der Waals surface area contributed by atoms with E-state index in [4.69, 9.17) is 4.74 Å². The van der Waals surface area contributed by atoms with Gasteiger partial charge in [0.1, 0.15) is 16.3 Å². The standard InChI is InChI=1S/C22H19N3O3S2/c1-14(30-22-24-20-18(12-13-29-20)21(27)25(22)2)19(26)23-15-8-10-17(11-9-15)28-16-6-4-3-5-7-16/h3-14H,1-2H3,(H,23,26). The molecule has 0 radical (unpaired) electrons. The number of nitrogens with zero attached hydrogens (tertiary/aromatic N) is 2. The second kappa shape index (κ2) is 8.73. The highest BCUT2D eigenvalue weighted by Crippen LogP contribution is 2.26. The Kier molecular flexibility index (Phi) is 5.87. The van der Waals surface area contributed by atoms with E-state index >= 15 is 0 Å². The lowest BCUT2D eigenvalue weighted by Gasteiger charge is -2.14. The lowest BCUT2D eigenvalue weighted by Crippen LogP contribution is -2.25. The minimum Gasteiger partial charge on any atom is -0.457 e. The van der Waals surface area contributed by atoms with Crippen LogP contribution in [0.5, 0.6) is 11.5 Å². The van der Waals surface area contributed by atoms with Crippen molar-refractivity contribution in [2.45, 2.75) is 17.3 Å². The van der Waals surface area contributed by atoms with Gasteiger partial charge in [-0.1, -0.05) is 30.0 Å². The van der Waals surface area contributed by atoms with Crippen LogP contribution in [-0.2, 0) is 11.8 Å². The maximum atomic E-state index is 12.6. The third-order valence-electron chi connectivity index (χ3n) is 4.42. The van der Waals surface area contributed by atoms with Gasteiger partial charge in [-0.15, -0.1) is 11.3 Å². The van der Waals surface area contributed by atoms with Crippen LogP contribution in [0.25, 0.3) is 10.2 Å². The maximum Gasteiger partial charge on any atom is 0.262 e. The Hall–Kier alpha value is -3.10. The smallest absolute Gasteiger partial charge is 0.262 e. The van der Waals surface area contributed by atoms with Crippen molar-refractivity contribution < 1.29 is 9.53 Å². The molecule has 2 heterocycles. The summed E-state index contributed by atoms with van der Waals surface area (Å²) in [7, 11) is 1.67. The van der Waals surface area contributed by atoms with Gasteiger partial charge in [0.15, 0.2) is 5.16 Å². The quantitative estimate of drug-likeness (QED) is 0.343. The Labute approximate surface area is 181 Å². The number of hydrogen-bond donors (Lipinski definition) is 1. The van der Waals surface area contributed by atoms with Crippen LogP contribution in [0.2, 0.25) is 0 Å². The van der Waals surface area contributed by atoms with Crippen LogP contribution in [0.1, 0.15) is 6.92 Å². The van der Waals surface area contributed by atoms with Crippen LogP contribution in [0.4, 0.5) is 5.69 Å². The first-order valence-electron chi connectivity index (χ1n) is 9.26. The molecule has 0 saturated carbocycles. The molecule has 4 rings (SSSR count). The summed E-state index contributed by atoms with van der Waals surface area (Å²) in [6, 6.07) is 18.5. The number of ether oxygens (including phenoxy) is 1. The molecule has 1 N–H and O–H groups in total. The van der Waals surface area contributed by atoms with Gasteiger partial charge in [-0.25, -0.2) is 4.98 Å². The molecule has 30 heavy (non-hydrogen) atoms. The van der Waals surface area contributed by atoms with Crippen LogP contribution in [0, 0.1) is 0 Å². The molecule has 1 atom stereocenters. The molecular weight excluding hydrogens is 418 g/mol. The Morgan fingerprint density at radius 2 is 1.80 bits per heavy atom. The van der Waals surface area contributed by atoms with Crippen molar-refractivity contribution in [3.63, 3.8) is 0 Å². The molecule has 4 aromatic rings. The molecule has 152 valence electrons. The second-order valence-electron chi connectivity index (χ2n) is 6.59. The molecule has 0 aliphatic carbocycles. The molecule has 2 aromatic carbocycles. The fraction of sp³-hybridized carbons (Fsp3) is 0.136. The van der Waals surface area contributed by atoms with Crippen molar-refractivity contribution in [2.75, 3.05) is 5.32 Å². The van der Waals surface area contributed by atoms with E-state index in [0.717, 1.165) is 5.75 Å². The van der Waals surface area contributed by atoms with Crippen molar-refractivity contribution in [2.24, 2.45) is 7.05 Å². The molecule has 0 bridgehead atoms. The highest BCUT2D eigenvalue weighted by molar-refractivity contribution is 8.00. The molecular formula is C22H19N3O3S2. The first-order chi connectivity index (χ1) is 14.5. The molecule has 1 unspecified atom stereocenters. The molecule has 0 aliphatic heterocycles. The molecule has 2 aromatic heterocycles. The van der Waals surface area contributed by atoms with Gasteiger partial charge in [-0.3, -0.25) is 14.2 Å². The number of nitrogens with one attached hydrogen (secondary N) is 1. The second-order valence-corrected chi connectivity index (χ2v) is 8.79. The maximum absolute atomic E-state index is 12.6. The van der Waals surface area contributed by atoms with E-state index in [1.165, 1.54) is 27.7 Å². The monoisotopic (exact) mass is 437 g/mol. The number of carbonyl (C=O) groups excluding carboxylic acids is 1. The van der Waals surface area contributed by atoms with Gasteiger partial charge in [-0.2, -0.15) is 0 Å². The molecule has 0 fully saturated rings. The van der Waals surface area contributed by atoms with Gasteiger partial charge in [0.2, 0.25) is 5.91 Å². The Balaban J connectivity index is 1.41. The van der Waals surface area contributed by atoms with E-state index in [9.17, 15) is 9.59 Å². The minimum absolute atomic E-state index is 0.106. The molecule has 0 aliphatic rings. The number of benzene rings is 2. The topological polar surface area (TPSA) is 73.2 Å². The summed E-state index contributed by atoms with van der Waals surface area (Å²) in [6.45, 7) is 1.79. The summed E-state index contributed by atoms with van der Waals surface area (Å²) in [6.07, 6.45) is 0. The van der Waals surface area contributed by atoms with Gasteiger partial charge >= 0.3 is 0 Å². The van der Waals surface area contributed by atoms with Crippen LogP contribution in [-0.4, -0.2) is 20.7 Å². The molecule has 0 spiro atoms. The van der Waals surface area contributed by atoms with Gasteiger partial charge in [0.05, 0.1) is 10.6 Å². The average Bonchev–Trinajstić information content (AvgIpc) is 3.22. The predicted octanol–water partition coefficient (Wildman–Crippen LogP) is 4.91. The Morgan fingerprint density at radius 1 is 1.10 bits per heavy atom. The number of fused-ring (bicyclic) bond motifs is 1. The third-order valence-corrected chi connectivity index (χ3v) is 6.37. The van der Waals surface area contributed by atoms with Crippen LogP contribution >= 0.6 is 23.1 Å². The van der Waals surface area contributed by atoms with Crippen LogP contribution < -0.4 is 15.6 Å². The summed E-state index contributed by atoms with van der Waals surface area (Å²) < 4.78 is 7.25. The zero-order chi connectivity index (χ0) is 21.1. The Morgan fingerprint density at radius 3 is 2.53 bits per heavy atom. The Bertz CT molecular complexity index is 1230. The number of anilines is 1. The van der Waals surface area contributed by atoms with E-state index in [1.54, 1.807) is 44.3 Å². The van der Waals surface area contributed by atoms with Crippen molar-refractivity contribution in [3.05, 3.63) is 76.4 Å². The third kappa shape index (κ3) is 4.39. The number of thioether (sulfide) groups is 1. The summed E-state index contributed by atoms with van der Waals surface area (Å²) in [5.74, 6) is 1.27. The largest absolute Gasteiger partial charge is 0.457 e. The number of hydrogen-bond acceptors (Lipinski definition) is 6. The van der Waals surface area contributed by atoms with E-state index < -0.39 is 5.25 Å². The highest BCUT2D eigenvalue weighted by atomic mass is 32.2. The first kappa shape index (κ1) is 20.2. The summed E-state index contributed by atoms with van der Waals surface area (Å²) >= 11 is 2.67. The molecule has 8 heteroatoms. The summed E-state index contributed by atoms with van der Waals surface area (Å²) in [4.78, 5) is 30.3. The van der Waals surface area contributed by atoms with Crippen LogP contribution in [0.15, 0.2) is 76.0 Å². The number of para-hydroxylation sites is 1. The zero-order valence-corrected chi connectivity index (χ0v) is 18.0. The van der Waals surface area contributed by atoms with E-state index in [-0.39, 0.29) is 11.5 Å². The lowest BCUT2D eigenvalue weighted by molar-refractivity contribution is -0.115. The van der Waals surface area contributed by atoms with Gasteiger partial charge in [0.25, 0.3) is 5.56 Å². The number of thiophene rings is 1. The average molecular weight is 438 g/mol. The van der Waals surface area contributed by atoms with Crippen molar-refractivity contribution in [3.8, 4) is 11.5 Å². The number of aromatic nitrogens is 2. The van der Waals surface area contributed by atoms with Crippen molar-refractivity contribution in [1.82, 2.24) is 9.55 Å². The SMILES string of the molecule is CC(Sc1nc2sccc2c(=O)n1C)C(=O)Nc1ccc(Oc2ccccc2)cc1. The van der Waals surface area contributed by atoms with E-state index in [2.05, 4.69) is 10.3 Å².